The van der Waals surface area contributed by atoms with E-state index in [2.05, 4.69) is 53.7 Å². The number of allylic oxidation sites excluding steroid dienone is 2. The molecule has 0 heterocycles. The molecule has 190 valence electrons. The van der Waals surface area contributed by atoms with Gasteiger partial charge in [-0.2, -0.15) is 0 Å². The second kappa shape index (κ2) is 9.21. The van der Waals surface area contributed by atoms with Crippen molar-refractivity contribution in [1.82, 2.24) is 0 Å². The molecule has 0 aromatic rings. The molecule has 0 aromatic heterocycles. The number of hydrogen-bond acceptors (Lipinski definition) is 4. The molecule has 4 aliphatic carbocycles. The molecule has 0 spiro atoms. The van der Waals surface area contributed by atoms with Crippen LogP contribution < -0.4 is 0 Å². The molecule has 0 unspecified atom stereocenters. The van der Waals surface area contributed by atoms with E-state index < -0.39 is 0 Å². The van der Waals surface area contributed by atoms with E-state index in [1.807, 2.05) is 0 Å². The van der Waals surface area contributed by atoms with Crippen LogP contribution in [0.3, 0.4) is 0 Å². The largest absolute Gasteiger partial charge is 0.463 e. The Morgan fingerprint density at radius 2 is 1.71 bits per heavy atom. The summed E-state index contributed by atoms with van der Waals surface area (Å²) in [5.74, 6) is 2.61. The number of Topliss-reactive ketones (excluding diaryl/α,β-unsaturated/α-hetero) is 2. The van der Waals surface area contributed by atoms with E-state index >= 15 is 0 Å². The van der Waals surface area contributed by atoms with Gasteiger partial charge in [-0.25, -0.2) is 0 Å². The van der Waals surface area contributed by atoms with Gasteiger partial charge in [0, 0.05) is 31.6 Å². The lowest BCUT2D eigenvalue weighted by molar-refractivity contribution is -0.175. The minimum absolute atomic E-state index is 0.0864. The molecular weight excluding hydrogens is 424 g/mol. The first-order chi connectivity index (χ1) is 15.9. The van der Waals surface area contributed by atoms with Crippen molar-refractivity contribution in [2.75, 3.05) is 0 Å². The van der Waals surface area contributed by atoms with Crippen LogP contribution in [0.1, 0.15) is 93.4 Å². The van der Waals surface area contributed by atoms with Gasteiger partial charge in [0.25, 0.3) is 0 Å². The summed E-state index contributed by atoms with van der Waals surface area (Å²) in [7, 11) is 0. The number of carbonyl (C=O) groups is 3. The molecule has 4 aliphatic rings. The standard InChI is InChI=1S/C30H46O4/c1-17(2)18(3)8-9-19(4)23-10-11-24-27-25(32)15-21-14-22(34-20(5)31)12-13-29(21,6)28(27)26(33)16-30(23,24)7/h8-9,17-19,21-24,27-28H,10-16H2,1-7H3/b9-8+/t18-,19+,21+,22+,23-,24-,27+,28+,29-,30+/m0/s1. The lowest BCUT2D eigenvalue weighted by atomic mass is 9.43. The average molecular weight is 471 g/mol. The van der Waals surface area contributed by atoms with Crippen LogP contribution >= 0.6 is 0 Å². The van der Waals surface area contributed by atoms with Crippen molar-refractivity contribution in [2.45, 2.75) is 99.5 Å². The molecule has 0 bridgehead atoms. The normalized spacial score (nSPS) is 43.9. The van der Waals surface area contributed by atoms with Crippen LogP contribution in [-0.2, 0) is 19.1 Å². The fourth-order valence-electron chi connectivity index (χ4n) is 8.65. The maximum absolute atomic E-state index is 13.9. The number of ketones is 2. The topological polar surface area (TPSA) is 60.4 Å². The fourth-order valence-corrected chi connectivity index (χ4v) is 8.65. The summed E-state index contributed by atoms with van der Waals surface area (Å²) in [5, 5.41) is 0. The average Bonchev–Trinajstić information content (AvgIpc) is 3.08. The van der Waals surface area contributed by atoms with Crippen LogP contribution in [0.4, 0.5) is 0 Å². The molecule has 0 radical (unpaired) electrons. The maximum atomic E-state index is 13.9. The van der Waals surface area contributed by atoms with Crippen molar-refractivity contribution in [2.24, 2.45) is 58.2 Å². The van der Waals surface area contributed by atoms with Crippen molar-refractivity contribution in [3.05, 3.63) is 12.2 Å². The third-order valence-corrected chi connectivity index (χ3v) is 10.9. The Bertz CT molecular complexity index is 858. The molecule has 0 aromatic carbocycles. The van der Waals surface area contributed by atoms with E-state index in [0.717, 1.165) is 32.1 Å². The van der Waals surface area contributed by atoms with E-state index in [1.165, 1.54) is 6.92 Å². The predicted octanol–water partition coefficient (Wildman–Crippen LogP) is 6.42. The van der Waals surface area contributed by atoms with Crippen molar-refractivity contribution in [3.63, 3.8) is 0 Å². The van der Waals surface area contributed by atoms with Gasteiger partial charge in [-0.05, 0) is 78.4 Å². The third-order valence-electron chi connectivity index (χ3n) is 10.9. The smallest absolute Gasteiger partial charge is 0.302 e. The lowest BCUT2D eigenvalue weighted by Gasteiger charge is -2.59. The number of hydrogen-bond donors (Lipinski definition) is 0. The maximum Gasteiger partial charge on any atom is 0.302 e. The third kappa shape index (κ3) is 4.22. The van der Waals surface area contributed by atoms with E-state index in [0.29, 0.717) is 54.0 Å². The first kappa shape index (κ1) is 25.6. The summed E-state index contributed by atoms with van der Waals surface area (Å²) in [4.78, 5) is 39.1. The van der Waals surface area contributed by atoms with E-state index in [4.69, 9.17) is 4.74 Å². The molecule has 4 heteroatoms. The molecule has 0 saturated heterocycles. The first-order valence-corrected chi connectivity index (χ1v) is 13.8. The fraction of sp³-hybridized carbons (Fsp3) is 0.833. The SMILES string of the molecule is CC(=O)O[C@@H]1CC[C@@]2(C)[C@@H](CC(=O)[C@@H]3[C@H]2C(=O)C[C@@]2(C)[C@H]3CC[C@H]2[C@H](C)/C=C/[C@H](C)C(C)C)C1. The highest BCUT2D eigenvalue weighted by Crippen LogP contribution is 2.66. The Balaban J connectivity index is 1.57. The molecule has 4 fully saturated rings. The minimum atomic E-state index is -0.249. The molecule has 4 nitrogen and oxygen atoms in total. The van der Waals surface area contributed by atoms with Crippen molar-refractivity contribution < 1.29 is 19.1 Å². The Kier molecular flexibility index (Phi) is 6.94. The van der Waals surface area contributed by atoms with E-state index in [1.54, 1.807) is 0 Å². The number of esters is 1. The van der Waals surface area contributed by atoms with Gasteiger partial charge in [0.05, 0.1) is 0 Å². The first-order valence-electron chi connectivity index (χ1n) is 13.8. The van der Waals surface area contributed by atoms with Crippen LogP contribution in [0, 0.1) is 58.2 Å². The Morgan fingerprint density at radius 1 is 1.00 bits per heavy atom. The predicted molar refractivity (Wildman–Crippen MR) is 134 cm³/mol. The highest BCUT2D eigenvalue weighted by Gasteiger charge is 2.66. The van der Waals surface area contributed by atoms with Crippen molar-refractivity contribution >= 4 is 17.5 Å². The van der Waals surface area contributed by atoms with Crippen LogP contribution in [-0.4, -0.2) is 23.6 Å². The molecule has 10 atom stereocenters. The summed E-state index contributed by atoms with van der Waals surface area (Å²) in [6.45, 7) is 15.1. The Hall–Kier alpha value is -1.45. The highest BCUT2D eigenvalue weighted by atomic mass is 16.5. The quantitative estimate of drug-likeness (QED) is 0.344. The minimum Gasteiger partial charge on any atom is -0.463 e. The summed E-state index contributed by atoms with van der Waals surface area (Å²) < 4.78 is 5.52. The monoisotopic (exact) mass is 470 g/mol. The van der Waals surface area contributed by atoms with Gasteiger partial charge in [-0.3, -0.25) is 14.4 Å². The summed E-state index contributed by atoms with van der Waals surface area (Å²) in [6.07, 6.45) is 10.4. The van der Waals surface area contributed by atoms with Gasteiger partial charge in [0.15, 0.2) is 0 Å². The van der Waals surface area contributed by atoms with Crippen LogP contribution in [0.25, 0.3) is 0 Å². The highest BCUT2D eigenvalue weighted by molar-refractivity contribution is 5.94. The lowest BCUT2D eigenvalue weighted by Crippen LogP contribution is -2.61. The van der Waals surface area contributed by atoms with Gasteiger partial charge in [0.1, 0.15) is 17.7 Å². The molecule has 0 aliphatic heterocycles. The van der Waals surface area contributed by atoms with Gasteiger partial charge < -0.3 is 4.74 Å². The van der Waals surface area contributed by atoms with Gasteiger partial charge in [-0.15, -0.1) is 0 Å². The molecule has 4 saturated carbocycles. The number of fused-ring (bicyclic) bond motifs is 5. The Labute approximate surface area is 206 Å². The molecular formula is C30H46O4. The molecule has 34 heavy (non-hydrogen) atoms. The van der Waals surface area contributed by atoms with Crippen LogP contribution in [0.2, 0.25) is 0 Å². The van der Waals surface area contributed by atoms with Crippen molar-refractivity contribution in [1.29, 1.82) is 0 Å². The summed E-state index contributed by atoms with van der Waals surface area (Å²) in [6, 6.07) is 0. The number of ether oxygens (including phenoxy) is 1. The Morgan fingerprint density at radius 3 is 2.35 bits per heavy atom. The summed E-state index contributed by atoms with van der Waals surface area (Å²) >= 11 is 0. The number of carbonyl (C=O) groups excluding carboxylic acids is 3. The molecule has 4 rings (SSSR count). The van der Waals surface area contributed by atoms with E-state index in [9.17, 15) is 14.4 Å². The molecule has 0 N–H and O–H groups in total. The van der Waals surface area contributed by atoms with Crippen molar-refractivity contribution in [3.8, 4) is 0 Å². The van der Waals surface area contributed by atoms with Gasteiger partial charge in [0.2, 0.25) is 0 Å². The van der Waals surface area contributed by atoms with E-state index in [-0.39, 0.29) is 40.7 Å². The zero-order valence-electron chi connectivity index (χ0n) is 22.4. The van der Waals surface area contributed by atoms with Crippen LogP contribution in [0.5, 0.6) is 0 Å². The molecule has 0 amide bonds. The van der Waals surface area contributed by atoms with Gasteiger partial charge >= 0.3 is 5.97 Å². The van der Waals surface area contributed by atoms with Crippen LogP contribution in [0.15, 0.2) is 12.2 Å². The number of rotatable bonds is 5. The summed E-state index contributed by atoms with van der Waals surface area (Å²) in [5.41, 5.74) is -0.235. The zero-order valence-corrected chi connectivity index (χ0v) is 22.4. The second-order valence-electron chi connectivity index (χ2n) is 13.2. The second-order valence-corrected chi connectivity index (χ2v) is 13.2. The van der Waals surface area contributed by atoms with Gasteiger partial charge in [-0.1, -0.05) is 53.7 Å². The zero-order chi connectivity index (χ0) is 25.0.